The van der Waals surface area contributed by atoms with E-state index >= 15 is 0 Å². The third-order valence-electron chi connectivity index (χ3n) is 4.01. The van der Waals surface area contributed by atoms with Crippen LogP contribution in [-0.2, 0) is 11.8 Å². The molecular formula is C17H20N4O2S. The molecule has 0 aliphatic carbocycles. The van der Waals surface area contributed by atoms with Crippen molar-refractivity contribution in [1.82, 2.24) is 19.8 Å². The van der Waals surface area contributed by atoms with Crippen LogP contribution in [0.5, 0.6) is 0 Å². The second kappa shape index (κ2) is 7.53. The molecule has 2 heterocycles. The van der Waals surface area contributed by atoms with Gasteiger partial charge in [-0.1, -0.05) is 42.1 Å². The number of nitrogens with zero attached hydrogens (tertiary/aromatic N) is 3. The van der Waals surface area contributed by atoms with Crippen molar-refractivity contribution in [3.63, 3.8) is 0 Å². The first-order valence-electron chi connectivity index (χ1n) is 7.88. The van der Waals surface area contributed by atoms with Crippen LogP contribution in [0.15, 0.2) is 42.7 Å². The highest BCUT2D eigenvalue weighted by atomic mass is 32.2. The van der Waals surface area contributed by atoms with Crippen LogP contribution in [0.25, 0.3) is 0 Å². The van der Waals surface area contributed by atoms with E-state index in [0.29, 0.717) is 13.0 Å². The molecule has 24 heavy (non-hydrogen) atoms. The number of amides is 2. The van der Waals surface area contributed by atoms with E-state index in [9.17, 15) is 9.59 Å². The van der Waals surface area contributed by atoms with Crippen LogP contribution in [0, 0.1) is 0 Å². The lowest BCUT2D eigenvalue weighted by molar-refractivity contribution is -0.121. The fourth-order valence-electron chi connectivity index (χ4n) is 2.70. The maximum absolute atomic E-state index is 12.4. The van der Waals surface area contributed by atoms with Gasteiger partial charge in [-0.3, -0.25) is 9.59 Å². The first-order chi connectivity index (χ1) is 11.6. The molecule has 126 valence electrons. The fraction of sp³-hybridized carbons (Fsp3) is 0.353. The molecule has 2 aromatic rings. The molecule has 0 unspecified atom stereocenters. The number of aromatic nitrogens is 2. The average Bonchev–Trinajstić information content (AvgIpc) is 3.20. The molecule has 1 saturated heterocycles. The third-order valence-corrected chi connectivity index (χ3v) is 4.90. The van der Waals surface area contributed by atoms with Gasteiger partial charge in [0, 0.05) is 44.7 Å². The number of benzene rings is 1. The summed E-state index contributed by atoms with van der Waals surface area (Å²) >= 11 is 1.31. The molecule has 0 spiro atoms. The van der Waals surface area contributed by atoms with Crippen LogP contribution in [0.3, 0.4) is 0 Å². The lowest BCUT2D eigenvalue weighted by Gasteiger charge is -2.20. The van der Waals surface area contributed by atoms with Gasteiger partial charge in [-0.25, -0.2) is 4.98 Å². The van der Waals surface area contributed by atoms with Crippen molar-refractivity contribution >= 4 is 22.9 Å². The number of hydrogen-bond donors (Lipinski definition) is 1. The second-order valence-electron chi connectivity index (χ2n) is 5.66. The van der Waals surface area contributed by atoms with Gasteiger partial charge < -0.3 is 14.8 Å². The van der Waals surface area contributed by atoms with Crippen molar-refractivity contribution in [3.05, 3.63) is 54.1 Å². The molecule has 3 rings (SSSR count). The predicted octanol–water partition coefficient (Wildman–Crippen LogP) is 2.18. The Morgan fingerprint density at radius 3 is 2.79 bits per heavy atom. The Kier molecular flexibility index (Phi) is 5.20. The van der Waals surface area contributed by atoms with Gasteiger partial charge in [-0.15, -0.1) is 0 Å². The summed E-state index contributed by atoms with van der Waals surface area (Å²) in [6.45, 7) is 1.18. The quantitative estimate of drug-likeness (QED) is 0.872. The number of thioether (sulfide) groups is 1. The molecule has 1 aliphatic heterocycles. The molecule has 1 fully saturated rings. The third kappa shape index (κ3) is 3.79. The molecule has 1 aromatic heterocycles. The van der Waals surface area contributed by atoms with Gasteiger partial charge in [0.15, 0.2) is 0 Å². The summed E-state index contributed by atoms with van der Waals surface area (Å²) in [4.78, 5) is 30.1. The summed E-state index contributed by atoms with van der Waals surface area (Å²) in [7, 11) is 1.91. The standard InChI is InChI=1S/C17H20N4O2S/c1-20-10-8-18-16(20)15(13-5-3-2-4-6-13)19-14(22)7-9-21-11-12-24-17(21)23/h2-6,8,10,15H,7,9,11-12H2,1H3,(H,19,22)/t15-/m1/s1. The van der Waals surface area contributed by atoms with E-state index in [1.807, 2.05) is 48.1 Å². The van der Waals surface area contributed by atoms with E-state index in [0.717, 1.165) is 23.7 Å². The van der Waals surface area contributed by atoms with Gasteiger partial charge in [-0.05, 0) is 5.56 Å². The molecule has 1 aliphatic rings. The molecule has 6 nitrogen and oxygen atoms in total. The largest absolute Gasteiger partial charge is 0.342 e. The molecule has 0 saturated carbocycles. The van der Waals surface area contributed by atoms with Crippen molar-refractivity contribution in [2.24, 2.45) is 7.05 Å². The smallest absolute Gasteiger partial charge is 0.281 e. The Morgan fingerprint density at radius 1 is 1.38 bits per heavy atom. The van der Waals surface area contributed by atoms with Gasteiger partial charge >= 0.3 is 0 Å². The highest BCUT2D eigenvalue weighted by molar-refractivity contribution is 8.13. The van der Waals surface area contributed by atoms with Gasteiger partial charge in [-0.2, -0.15) is 0 Å². The number of carbonyl (C=O) groups is 2. The van der Waals surface area contributed by atoms with Crippen LogP contribution in [-0.4, -0.2) is 44.4 Å². The monoisotopic (exact) mass is 344 g/mol. The van der Waals surface area contributed by atoms with Crippen LogP contribution < -0.4 is 5.32 Å². The van der Waals surface area contributed by atoms with Crippen LogP contribution in [0.1, 0.15) is 23.9 Å². The minimum absolute atomic E-state index is 0.0616. The zero-order chi connectivity index (χ0) is 16.9. The summed E-state index contributed by atoms with van der Waals surface area (Å²) in [6, 6.07) is 9.47. The van der Waals surface area contributed by atoms with Gasteiger partial charge in [0.05, 0.1) is 0 Å². The van der Waals surface area contributed by atoms with E-state index in [4.69, 9.17) is 0 Å². The molecular weight excluding hydrogens is 324 g/mol. The normalized spacial score (nSPS) is 15.5. The lowest BCUT2D eigenvalue weighted by atomic mass is 10.1. The fourth-order valence-corrected chi connectivity index (χ4v) is 3.55. The summed E-state index contributed by atoms with van der Waals surface area (Å²) in [5, 5.41) is 3.11. The van der Waals surface area contributed by atoms with Crippen molar-refractivity contribution in [2.75, 3.05) is 18.8 Å². The van der Waals surface area contributed by atoms with E-state index in [-0.39, 0.29) is 17.2 Å². The number of imidazole rings is 1. The lowest BCUT2D eigenvalue weighted by Crippen LogP contribution is -2.34. The maximum Gasteiger partial charge on any atom is 0.281 e. The van der Waals surface area contributed by atoms with E-state index in [2.05, 4.69) is 10.3 Å². The Labute approximate surface area is 145 Å². The Morgan fingerprint density at radius 2 is 2.17 bits per heavy atom. The number of rotatable bonds is 6. The predicted molar refractivity (Wildman–Crippen MR) is 93.7 cm³/mol. The second-order valence-corrected chi connectivity index (χ2v) is 6.71. The highest BCUT2D eigenvalue weighted by Crippen LogP contribution is 2.21. The molecule has 1 aromatic carbocycles. The number of hydrogen-bond acceptors (Lipinski definition) is 4. The molecule has 0 radical (unpaired) electrons. The molecule has 2 amide bonds. The SMILES string of the molecule is Cn1ccnc1[C@H](NC(=O)CCN1CCSC1=O)c1ccccc1. The van der Waals surface area contributed by atoms with Crippen molar-refractivity contribution in [1.29, 1.82) is 0 Å². The minimum Gasteiger partial charge on any atom is -0.342 e. The first kappa shape index (κ1) is 16.6. The summed E-state index contributed by atoms with van der Waals surface area (Å²) < 4.78 is 1.90. The number of nitrogens with one attached hydrogen (secondary N) is 1. The summed E-state index contributed by atoms with van der Waals surface area (Å²) in [6.07, 6.45) is 3.87. The molecule has 0 bridgehead atoms. The minimum atomic E-state index is -0.303. The van der Waals surface area contributed by atoms with Gasteiger partial charge in [0.25, 0.3) is 5.24 Å². The van der Waals surface area contributed by atoms with Crippen LogP contribution in [0.4, 0.5) is 4.79 Å². The van der Waals surface area contributed by atoms with Crippen molar-refractivity contribution in [3.8, 4) is 0 Å². The maximum atomic E-state index is 12.4. The zero-order valence-electron chi connectivity index (χ0n) is 13.5. The van der Waals surface area contributed by atoms with Gasteiger partial charge in [0.2, 0.25) is 5.91 Å². The molecule has 7 heteroatoms. The van der Waals surface area contributed by atoms with Crippen LogP contribution >= 0.6 is 11.8 Å². The number of aryl methyl sites for hydroxylation is 1. The Balaban J connectivity index is 1.69. The summed E-state index contributed by atoms with van der Waals surface area (Å²) in [5.41, 5.74) is 0.980. The van der Waals surface area contributed by atoms with E-state index in [1.54, 1.807) is 11.1 Å². The highest BCUT2D eigenvalue weighted by Gasteiger charge is 2.23. The summed E-state index contributed by atoms with van der Waals surface area (Å²) in [5.74, 6) is 1.50. The topological polar surface area (TPSA) is 67.2 Å². The Hall–Kier alpha value is -2.28. The van der Waals surface area contributed by atoms with E-state index in [1.165, 1.54) is 11.8 Å². The molecule has 1 N–H and O–H groups in total. The van der Waals surface area contributed by atoms with Crippen LogP contribution in [0.2, 0.25) is 0 Å². The van der Waals surface area contributed by atoms with Crippen molar-refractivity contribution in [2.45, 2.75) is 12.5 Å². The van der Waals surface area contributed by atoms with E-state index < -0.39 is 0 Å². The Bertz CT molecular complexity index is 716. The molecule has 1 atom stereocenters. The zero-order valence-corrected chi connectivity index (χ0v) is 14.3. The number of carbonyl (C=O) groups excluding carboxylic acids is 2. The average molecular weight is 344 g/mol. The van der Waals surface area contributed by atoms with Gasteiger partial charge in [0.1, 0.15) is 11.9 Å². The first-order valence-corrected chi connectivity index (χ1v) is 8.87. The van der Waals surface area contributed by atoms with Crippen molar-refractivity contribution < 1.29 is 9.59 Å².